The van der Waals surface area contributed by atoms with Crippen molar-refractivity contribution in [3.63, 3.8) is 0 Å². The molecule has 1 aromatic rings. The topological polar surface area (TPSA) is 53.5 Å². The van der Waals surface area contributed by atoms with Gasteiger partial charge in [0.15, 0.2) is 0 Å². The maximum absolute atomic E-state index is 12.7. The molecule has 138 valence electrons. The lowest BCUT2D eigenvalue weighted by Gasteiger charge is -2.12. The SMILES string of the molecule is CN/N=C\C(C)C1=CC(C(=O)NCCc2ccccc2Cl)=C(C)C=CC1. The van der Waals surface area contributed by atoms with Crippen LogP contribution in [0.3, 0.4) is 0 Å². The van der Waals surface area contributed by atoms with Gasteiger partial charge in [-0.15, -0.1) is 0 Å². The summed E-state index contributed by atoms with van der Waals surface area (Å²) in [5, 5.41) is 7.83. The standard InChI is InChI=1S/C21H26ClN3O/c1-15-7-6-9-18(16(2)14-25-23-3)13-19(15)21(26)24-12-11-17-8-4-5-10-20(17)22/h4-8,10,13-14,16,23H,9,11-12H2,1-3H3,(H,24,26)/b25-14-. The van der Waals surface area contributed by atoms with Crippen molar-refractivity contribution in [1.82, 2.24) is 10.7 Å². The number of rotatable bonds is 7. The van der Waals surface area contributed by atoms with Crippen LogP contribution in [0, 0.1) is 5.92 Å². The van der Waals surface area contributed by atoms with E-state index in [4.69, 9.17) is 11.6 Å². The third kappa shape index (κ3) is 5.60. The number of amides is 1. The molecule has 1 unspecified atom stereocenters. The quantitative estimate of drug-likeness (QED) is 0.561. The summed E-state index contributed by atoms with van der Waals surface area (Å²) < 4.78 is 0. The van der Waals surface area contributed by atoms with Gasteiger partial charge < -0.3 is 10.7 Å². The number of carbonyl (C=O) groups excluding carboxylic acids is 1. The van der Waals surface area contributed by atoms with E-state index in [9.17, 15) is 4.79 Å². The third-order valence-corrected chi connectivity index (χ3v) is 4.74. The zero-order valence-electron chi connectivity index (χ0n) is 15.6. The molecule has 0 aromatic heterocycles. The van der Waals surface area contributed by atoms with E-state index in [2.05, 4.69) is 28.8 Å². The van der Waals surface area contributed by atoms with Crippen molar-refractivity contribution in [3.8, 4) is 0 Å². The third-order valence-electron chi connectivity index (χ3n) is 4.37. The van der Waals surface area contributed by atoms with E-state index >= 15 is 0 Å². The van der Waals surface area contributed by atoms with Gasteiger partial charge in [-0.2, -0.15) is 5.10 Å². The van der Waals surface area contributed by atoms with Crippen molar-refractivity contribution in [3.05, 3.63) is 69.8 Å². The van der Waals surface area contributed by atoms with Gasteiger partial charge in [-0.3, -0.25) is 4.79 Å². The fourth-order valence-corrected chi connectivity index (χ4v) is 3.00. The van der Waals surface area contributed by atoms with Crippen LogP contribution in [0.4, 0.5) is 0 Å². The fraction of sp³-hybridized carbons (Fsp3) is 0.333. The average molecular weight is 372 g/mol. The monoisotopic (exact) mass is 371 g/mol. The molecule has 1 aliphatic carbocycles. The normalized spacial score (nSPS) is 15.6. The molecule has 0 radical (unpaired) electrons. The zero-order valence-corrected chi connectivity index (χ0v) is 16.3. The minimum Gasteiger partial charge on any atom is -0.352 e. The molecule has 0 saturated carbocycles. The Labute approximate surface area is 160 Å². The van der Waals surface area contributed by atoms with Gasteiger partial charge in [-0.25, -0.2) is 0 Å². The molecular weight excluding hydrogens is 346 g/mol. The Morgan fingerprint density at radius 1 is 1.38 bits per heavy atom. The highest BCUT2D eigenvalue weighted by molar-refractivity contribution is 6.31. The van der Waals surface area contributed by atoms with Crippen molar-refractivity contribution in [2.24, 2.45) is 11.0 Å². The van der Waals surface area contributed by atoms with Gasteiger partial charge in [0.05, 0.1) is 0 Å². The lowest BCUT2D eigenvalue weighted by atomic mass is 9.97. The lowest BCUT2D eigenvalue weighted by Crippen LogP contribution is -2.27. The molecule has 0 heterocycles. The number of benzene rings is 1. The van der Waals surface area contributed by atoms with Crippen LogP contribution in [0.5, 0.6) is 0 Å². The predicted molar refractivity (Wildman–Crippen MR) is 109 cm³/mol. The van der Waals surface area contributed by atoms with Crippen LogP contribution in [-0.4, -0.2) is 25.7 Å². The van der Waals surface area contributed by atoms with Gasteiger partial charge >= 0.3 is 0 Å². The van der Waals surface area contributed by atoms with Crippen molar-refractivity contribution in [1.29, 1.82) is 0 Å². The van der Waals surface area contributed by atoms with Gasteiger partial charge in [-0.1, -0.05) is 54.4 Å². The van der Waals surface area contributed by atoms with Crippen LogP contribution < -0.4 is 10.7 Å². The highest BCUT2D eigenvalue weighted by atomic mass is 35.5. The second-order valence-electron chi connectivity index (χ2n) is 6.31. The van der Waals surface area contributed by atoms with Crippen molar-refractivity contribution in [2.45, 2.75) is 26.7 Å². The number of hydrogen-bond donors (Lipinski definition) is 2. The minimum absolute atomic E-state index is 0.0589. The summed E-state index contributed by atoms with van der Waals surface area (Å²) in [7, 11) is 1.77. The average Bonchev–Trinajstić information content (AvgIpc) is 2.83. The van der Waals surface area contributed by atoms with E-state index in [1.54, 1.807) is 7.05 Å². The molecule has 1 atom stereocenters. The molecule has 5 heteroatoms. The van der Waals surface area contributed by atoms with E-state index < -0.39 is 0 Å². The molecule has 0 fully saturated rings. The Morgan fingerprint density at radius 3 is 2.88 bits per heavy atom. The summed E-state index contributed by atoms with van der Waals surface area (Å²) in [5.74, 6) is 0.0975. The summed E-state index contributed by atoms with van der Waals surface area (Å²) in [6.07, 6.45) is 9.46. The largest absolute Gasteiger partial charge is 0.352 e. The first-order valence-electron chi connectivity index (χ1n) is 8.82. The second-order valence-corrected chi connectivity index (χ2v) is 6.72. The van der Waals surface area contributed by atoms with E-state index in [1.807, 2.05) is 49.6 Å². The Hall–Kier alpha value is -2.33. The van der Waals surface area contributed by atoms with Crippen LogP contribution in [0.25, 0.3) is 0 Å². The summed E-state index contributed by atoms with van der Waals surface area (Å²) in [6, 6.07) is 7.70. The maximum Gasteiger partial charge on any atom is 0.251 e. The summed E-state index contributed by atoms with van der Waals surface area (Å²) in [6.45, 7) is 4.59. The first kappa shape index (κ1) is 20.0. The maximum atomic E-state index is 12.7. The van der Waals surface area contributed by atoms with Crippen molar-refractivity contribution >= 4 is 23.7 Å². The molecule has 0 saturated heterocycles. The number of halogens is 1. The lowest BCUT2D eigenvalue weighted by molar-refractivity contribution is -0.117. The molecule has 2 N–H and O–H groups in total. The van der Waals surface area contributed by atoms with E-state index in [-0.39, 0.29) is 11.8 Å². The number of hydrogen-bond acceptors (Lipinski definition) is 3. The van der Waals surface area contributed by atoms with Crippen LogP contribution in [0.2, 0.25) is 5.02 Å². The number of nitrogens with one attached hydrogen (secondary N) is 2. The number of allylic oxidation sites excluding steroid dienone is 4. The van der Waals surface area contributed by atoms with E-state index in [1.165, 1.54) is 0 Å². The van der Waals surface area contributed by atoms with Gasteiger partial charge in [0.25, 0.3) is 5.91 Å². The van der Waals surface area contributed by atoms with Crippen molar-refractivity contribution < 1.29 is 4.79 Å². The highest BCUT2D eigenvalue weighted by Crippen LogP contribution is 2.23. The molecule has 0 aliphatic heterocycles. The molecule has 26 heavy (non-hydrogen) atoms. The smallest absolute Gasteiger partial charge is 0.251 e. The second kappa shape index (κ2) is 9.97. The Bertz CT molecular complexity index is 762. The van der Waals surface area contributed by atoms with E-state index in [0.717, 1.165) is 28.2 Å². The molecule has 4 nitrogen and oxygen atoms in total. The van der Waals surface area contributed by atoms with Gasteiger partial charge in [0.2, 0.25) is 0 Å². The molecule has 1 aromatic carbocycles. The minimum atomic E-state index is -0.0589. The molecule has 2 rings (SSSR count). The summed E-state index contributed by atoms with van der Waals surface area (Å²) in [5.41, 5.74) is 6.63. The van der Waals surface area contributed by atoms with Gasteiger partial charge in [0, 0.05) is 36.3 Å². The van der Waals surface area contributed by atoms with Crippen molar-refractivity contribution in [2.75, 3.05) is 13.6 Å². The molecular formula is C21H26ClN3O. The van der Waals surface area contributed by atoms with E-state index in [0.29, 0.717) is 18.5 Å². The van der Waals surface area contributed by atoms with Crippen LogP contribution in [0.1, 0.15) is 25.8 Å². The predicted octanol–water partition coefficient (Wildman–Crippen LogP) is 4.04. The summed E-state index contributed by atoms with van der Waals surface area (Å²) in [4.78, 5) is 12.7. The fourth-order valence-electron chi connectivity index (χ4n) is 2.77. The number of nitrogens with zero attached hydrogens (tertiary/aromatic N) is 1. The number of carbonyl (C=O) groups is 1. The Morgan fingerprint density at radius 2 is 2.15 bits per heavy atom. The van der Waals surface area contributed by atoms with Crippen LogP contribution in [0.15, 0.2) is 64.3 Å². The Balaban J connectivity index is 2.06. The van der Waals surface area contributed by atoms with Crippen LogP contribution in [-0.2, 0) is 11.2 Å². The van der Waals surface area contributed by atoms with Gasteiger partial charge in [0.1, 0.15) is 0 Å². The highest BCUT2D eigenvalue weighted by Gasteiger charge is 2.15. The van der Waals surface area contributed by atoms with Crippen LogP contribution >= 0.6 is 11.6 Å². The molecule has 0 bridgehead atoms. The molecule has 0 spiro atoms. The first-order chi connectivity index (χ1) is 12.5. The molecule has 1 amide bonds. The number of hydrazone groups is 1. The zero-order chi connectivity index (χ0) is 18.9. The van der Waals surface area contributed by atoms with Gasteiger partial charge in [-0.05, 0) is 43.0 Å². The molecule has 1 aliphatic rings. The Kier molecular flexibility index (Phi) is 7.67. The first-order valence-corrected chi connectivity index (χ1v) is 9.20. The summed E-state index contributed by atoms with van der Waals surface area (Å²) >= 11 is 6.17.